The maximum Gasteiger partial charge on any atom is 0.338 e. The van der Waals surface area contributed by atoms with E-state index in [-0.39, 0.29) is 22.9 Å². The Morgan fingerprint density at radius 1 is 1.18 bits per heavy atom. The summed E-state index contributed by atoms with van der Waals surface area (Å²) in [5.41, 5.74) is 1.86. The number of hydrogen-bond donors (Lipinski definition) is 0. The summed E-state index contributed by atoms with van der Waals surface area (Å²) < 4.78 is 4.94. The number of ketones is 1. The second kappa shape index (κ2) is 6.62. The van der Waals surface area contributed by atoms with Gasteiger partial charge in [0.15, 0.2) is 11.5 Å². The fourth-order valence-corrected chi connectivity index (χ4v) is 1.82. The first kappa shape index (κ1) is 15.4. The monoisotopic (exact) mass is 298 g/mol. The zero-order valence-corrected chi connectivity index (χ0v) is 12.1. The molecule has 6 heteroatoms. The lowest BCUT2D eigenvalue weighted by Gasteiger charge is -1.95. The third kappa shape index (κ3) is 3.76. The van der Waals surface area contributed by atoms with Crippen molar-refractivity contribution < 1.29 is 14.2 Å². The number of benzene rings is 1. The quantitative estimate of drug-likeness (QED) is 0.477. The van der Waals surface area contributed by atoms with Crippen LogP contribution in [-0.4, -0.2) is 15.9 Å². The van der Waals surface area contributed by atoms with Crippen LogP contribution in [0.4, 0.5) is 5.69 Å². The zero-order chi connectivity index (χ0) is 16.1. The van der Waals surface area contributed by atoms with Crippen LogP contribution in [0.5, 0.6) is 0 Å². The molecule has 0 aliphatic rings. The standard InChI is InChI=1S/C16H14N2O4/c1-11(19)3-4-13-5-7-14(8-6-13)9-10-15-16(18(20)21)12(2)17-22-15/h3-10H,1-2H3. The van der Waals surface area contributed by atoms with E-state index in [0.29, 0.717) is 0 Å². The molecule has 0 amide bonds. The van der Waals surface area contributed by atoms with Crippen molar-refractivity contribution in [1.82, 2.24) is 5.16 Å². The summed E-state index contributed by atoms with van der Waals surface area (Å²) >= 11 is 0. The minimum absolute atomic E-state index is 0.0167. The van der Waals surface area contributed by atoms with Crippen molar-refractivity contribution in [2.45, 2.75) is 13.8 Å². The predicted molar refractivity (Wildman–Crippen MR) is 83.0 cm³/mol. The highest BCUT2D eigenvalue weighted by atomic mass is 16.6. The minimum atomic E-state index is -0.513. The van der Waals surface area contributed by atoms with Gasteiger partial charge in [0.05, 0.1) is 4.92 Å². The molecule has 0 atom stereocenters. The molecule has 0 spiro atoms. The number of carbonyl (C=O) groups excluding carboxylic acids is 1. The van der Waals surface area contributed by atoms with Crippen molar-refractivity contribution >= 4 is 29.7 Å². The maximum atomic E-state index is 10.9. The van der Waals surface area contributed by atoms with Gasteiger partial charge in [-0.15, -0.1) is 0 Å². The molecule has 1 aromatic heterocycles. The van der Waals surface area contributed by atoms with E-state index >= 15 is 0 Å². The Labute approximate surface area is 126 Å². The smallest absolute Gasteiger partial charge is 0.338 e. The van der Waals surface area contributed by atoms with Crippen LogP contribution >= 0.6 is 0 Å². The number of allylic oxidation sites excluding steroid dienone is 1. The molecule has 2 aromatic rings. The highest BCUT2D eigenvalue weighted by molar-refractivity contribution is 5.91. The summed E-state index contributed by atoms with van der Waals surface area (Å²) in [6.07, 6.45) is 6.43. The van der Waals surface area contributed by atoms with Crippen LogP contribution in [0.15, 0.2) is 34.9 Å². The van der Waals surface area contributed by atoms with Gasteiger partial charge in [-0.25, -0.2) is 0 Å². The number of nitro groups is 1. The van der Waals surface area contributed by atoms with Crippen molar-refractivity contribution in [3.63, 3.8) is 0 Å². The summed E-state index contributed by atoms with van der Waals surface area (Å²) in [6, 6.07) is 7.37. The van der Waals surface area contributed by atoms with Crippen LogP contribution in [0, 0.1) is 17.0 Å². The molecule has 1 aromatic carbocycles. The van der Waals surface area contributed by atoms with E-state index in [4.69, 9.17) is 4.52 Å². The first-order valence-electron chi connectivity index (χ1n) is 6.55. The lowest BCUT2D eigenvalue weighted by Crippen LogP contribution is -1.90. The highest BCUT2D eigenvalue weighted by Gasteiger charge is 2.21. The van der Waals surface area contributed by atoms with Gasteiger partial charge in [-0.2, -0.15) is 0 Å². The normalized spacial score (nSPS) is 11.4. The number of aryl methyl sites for hydroxylation is 1. The molecule has 0 N–H and O–H groups in total. The molecule has 0 saturated carbocycles. The molecule has 2 rings (SSSR count). The van der Waals surface area contributed by atoms with E-state index in [1.807, 2.05) is 24.3 Å². The van der Waals surface area contributed by atoms with Gasteiger partial charge in [0.25, 0.3) is 0 Å². The van der Waals surface area contributed by atoms with Crippen molar-refractivity contribution in [2.75, 3.05) is 0 Å². The second-order valence-electron chi connectivity index (χ2n) is 4.68. The van der Waals surface area contributed by atoms with E-state index in [1.54, 1.807) is 12.2 Å². The molecule has 0 aliphatic heterocycles. The largest absolute Gasteiger partial charge is 0.349 e. The van der Waals surface area contributed by atoms with E-state index in [1.165, 1.54) is 26.0 Å². The maximum absolute atomic E-state index is 10.9. The number of hydrogen-bond acceptors (Lipinski definition) is 5. The highest BCUT2D eigenvalue weighted by Crippen LogP contribution is 2.24. The molecule has 0 radical (unpaired) electrons. The fourth-order valence-electron chi connectivity index (χ4n) is 1.82. The Morgan fingerprint density at radius 2 is 1.77 bits per heavy atom. The van der Waals surface area contributed by atoms with Crippen LogP contribution < -0.4 is 0 Å². The summed E-state index contributed by atoms with van der Waals surface area (Å²) in [5, 5.41) is 14.5. The molecule has 6 nitrogen and oxygen atoms in total. The first-order valence-corrected chi connectivity index (χ1v) is 6.55. The van der Waals surface area contributed by atoms with Gasteiger partial charge < -0.3 is 4.52 Å². The van der Waals surface area contributed by atoms with Gasteiger partial charge in [-0.05, 0) is 37.1 Å². The average molecular weight is 298 g/mol. The Kier molecular flexibility index (Phi) is 4.63. The number of carbonyl (C=O) groups is 1. The van der Waals surface area contributed by atoms with Crippen molar-refractivity contribution in [3.05, 3.63) is 63.0 Å². The van der Waals surface area contributed by atoms with Gasteiger partial charge in [0.2, 0.25) is 5.76 Å². The topological polar surface area (TPSA) is 86.2 Å². The Balaban J connectivity index is 2.17. The predicted octanol–water partition coefficient (Wildman–Crippen LogP) is 3.66. The molecule has 1 heterocycles. The number of aromatic nitrogens is 1. The summed E-state index contributed by atoms with van der Waals surface area (Å²) in [4.78, 5) is 21.3. The first-order chi connectivity index (χ1) is 10.5. The van der Waals surface area contributed by atoms with E-state index < -0.39 is 4.92 Å². The molecule has 0 aliphatic carbocycles. The number of rotatable bonds is 5. The van der Waals surface area contributed by atoms with E-state index in [0.717, 1.165) is 11.1 Å². The van der Waals surface area contributed by atoms with Crippen molar-refractivity contribution in [2.24, 2.45) is 0 Å². The Bertz CT molecular complexity index is 755. The minimum Gasteiger partial charge on any atom is -0.349 e. The van der Waals surface area contributed by atoms with Gasteiger partial charge >= 0.3 is 5.69 Å². The molecular weight excluding hydrogens is 284 g/mol. The molecule has 0 fully saturated rings. The van der Waals surface area contributed by atoms with Crippen LogP contribution in [0.1, 0.15) is 29.5 Å². The second-order valence-corrected chi connectivity index (χ2v) is 4.68. The lowest BCUT2D eigenvalue weighted by molar-refractivity contribution is -0.386. The van der Waals surface area contributed by atoms with Gasteiger partial charge in [-0.3, -0.25) is 14.9 Å². The summed E-state index contributed by atoms with van der Waals surface area (Å²) in [5.74, 6) is 0.0972. The molecule has 0 unspecified atom stereocenters. The summed E-state index contributed by atoms with van der Waals surface area (Å²) in [6.45, 7) is 3.01. The third-order valence-corrected chi connectivity index (χ3v) is 2.91. The molecule has 0 saturated heterocycles. The van der Waals surface area contributed by atoms with Crippen molar-refractivity contribution in [3.8, 4) is 0 Å². The van der Waals surface area contributed by atoms with Gasteiger partial charge in [-0.1, -0.05) is 41.6 Å². The van der Waals surface area contributed by atoms with E-state index in [2.05, 4.69) is 5.16 Å². The molecular formula is C16H14N2O4. The van der Waals surface area contributed by atoms with Gasteiger partial charge in [0.1, 0.15) is 0 Å². The number of nitrogens with zero attached hydrogens (tertiary/aromatic N) is 2. The Morgan fingerprint density at radius 3 is 2.32 bits per heavy atom. The summed E-state index contributed by atoms with van der Waals surface area (Å²) in [7, 11) is 0. The third-order valence-electron chi connectivity index (χ3n) is 2.91. The zero-order valence-electron chi connectivity index (χ0n) is 12.1. The van der Waals surface area contributed by atoms with Gasteiger partial charge in [0, 0.05) is 0 Å². The average Bonchev–Trinajstić information content (AvgIpc) is 2.85. The van der Waals surface area contributed by atoms with Crippen LogP contribution in [-0.2, 0) is 4.79 Å². The van der Waals surface area contributed by atoms with Crippen LogP contribution in [0.2, 0.25) is 0 Å². The SMILES string of the molecule is CC(=O)C=Cc1ccc(C=Cc2onc(C)c2[N+](=O)[O-])cc1. The molecule has 112 valence electrons. The lowest BCUT2D eigenvalue weighted by atomic mass is 10.1. The Hall–Kier alpha value is -3.02. The van der Waals surface area contributed by atoms with Crippen LogP contribution in [0.25, 0.3) is 18.2 Å². The molecule has 0 bridgehead atoms. The van der Waals surface area contributed by atoms with Crippen LogP contribution in [0.3, 0.4) is 0 Å². The van der Waals surface area contributed by atoms with Crippen molar-refractivity contribution in [1.29, 1.82) is 0 Å². The molecule has 22 heavy (non-hydrogen) atoms. The fraction of sp³-hybridized carbons (Fsp3) is 0.125. The van der Waals surface area contributed by atoms with E-state index in [9.17, 15) is 14.9 Å².